The maximum atomic E-state index is 12.6. The first-order chi connectivity index (χ1) is 17.7. The minimum absolute atomic E-state index is 0. The van der Waals surface area contributed by atoms with Crippen molar-refractivity contribution in [1.82, 2.24) is 45.4 Å². The molecule has 2 aliphatic rings. The van der Waals surface area contributed by atoms with Gasteiger partial charge >= 0.3 is 29.6 Å². The zero-order chi connectivity index (χ0) is 26.5. The third kappa shape index (κ3) is 7.19. The Kier molecular flexibility index (Phi) is 10.8. The number of nitrogens with zero attached hydrogens (tertiary/aromatic N) is 8. The van der Waals surface area contributed by atoms with Crippen LogP contribution < -0.4 is 40.0 Å². The number of amides is 2. The molecule has 1 saturated heterocycles. The number of nitrogens with one attached hydrogen (secondary N) is 1. The third-order valence-corrected chi connectivity index (χ3v) is 8.66. The number of carboxylic acids is 1. The Labute approximate surface area is 255 Å². The minimum Gasteiger partial charge on any atom is -0.543 e. The van der Waals surface area contributed by atoms with E-state index >= 15 is 0 Å². The Bertz CT molecular complexity index is 1400. The number of aromatic nitrogens is 7. The first-order valence-electron chi connectivity index (χ1n) is 10.4. The number of aryl methyl sites for hydroxylation is 1. The summed E-state index contributed by atoms with van der Waals surface area (Å²) in [6.45, 7) is 1.70. The number of aliphatic carboxylic acids is 1. The van der Waals surface area contributed by atoms with E-state index in [1.165, 1.54) is 57.0 Å². The van der Waals surface area contributed by atoms with E-state index in [4.69, 9.17) is 5.21 Å². The smallest absolute Gasteiger partial charge is 0.543 e. The van der Waals surface area contributed by atoms with Gasteiger partial charge in [-0.15, -0.1) is 27.1 Å². The van der Waals surface area contributed by atoms with Gasteiger partial charge in [-0.3, -0.25) is 14.5 Å². The van der Waals surface area contributed by atoms with E-state index in [0.717, 1.165) is 14.1 Å². The zero-order valence-electron chi connectivity index (χ0n) is 20.0. The summed E-state index contributed by atoms with van der Waals surface area (Å²) in [5.74, 6) is -1.57. The maximum absolute atomic E-state index is 12.6. The first-order valence-corrected chi connectivity index (χ1v) is 13.7. The SMILES string of the molecule is Cc1nnc(SCC2=C(C(=O)[O-])N3C(=O)[C@@H](NC(=O)Cn4cnnn4)[C@H]3SC2)s1.On1ccccc1=S.[Na+]. The molecule has 2 aliphatic heterocycles. The van der Waals surface area contributed by atoms with Crippen LogP contribution in [0.3, 0.4) is 0 Å². The molecular formula is C19H18N9NaO5S4. The largest absolute Gasteiger partial charge is 1.00 e. The van der Waals surface area contributed by atoms with Crippen molar-refractivity contribution in [3.05, 3.63) is 51.6 Å². The van der Waals surface area contributed by atoms with Gasteiger partial charge in [0, 0.05) is 17.7 Å². The van der Waals surface area contributed by atoms with E-state index in [-0.39, 0.29) is 41.8 Å². The van der Waals surface area contributed by atoms with Gasteiger partial charge in [0.2, 0.25) is 5.91 Å². The molecule has 0 aliphatic carbocycles. The fraction of sp³-hybridized carbons (Fsp3) is 0.316. The fourth-order valence-corrected chi connectivity index (χ4v) is 6.75. The van der Waals surface area contributed by atoms with Gasteiger partial charge in [-0.2, -0.15) is 4.73 Å². The molecule has 38 heavy (non-hydrogen) atoms. The molecule has 1 fully saturated rings. The number of hydrogen-bond donors (Lipinski definition) is 2. The maximum Gasteiger partial charge on any atom is 1.00 e. The molecule has 5 heterocycles. The molecule has 3 aromatic rings. The molecule has 194 valence electrons. The van der Waals surface area contributed by atoms with Crippen molar-refractivity contribution in [1.29, 1.82) is 0 Å². The van der Waals surface area contributed by atoms with Crippen LogP contribution in [0, 0.1) is 11.6 Å². The predicted octanol–water partition coefficient (Wildman–Crippen LogP) is -3.51. The van der Waals surface area contributed by atoms with E-state index in [1.807, 2.05) is 6.92 Å². The molecule has 0 saturated carbocycles. The second-order valence-corrected chi connectivity index (χ2v) is 11.4. The van der Waals surface area contributed by atoms with Gasteiger partial charge in [0.1, 0.15) is 33.9 Å². The van der Waals surface area contributed by atoms with Crippen molar-refractivity contribution in [2.75, 3.05) is 11.5 Å². The van der Waals surface area contributed by atoms with Crippen LogP contribution in [0.1, 0.15) is 5.01 Å². The van der Waals surface area contributed by atoms with E-state index in [9.17, 15) is 19.5 Å². The molecule has 2 N–H and O–H groups in total. The van der Waals surface area contributed by atoms with Crippen LogP contribution in [-0.2, 0) is 20.9 Å². The summed E-state index contributed by atoms with van der Waals surface area (Å²) in [6, 6.07) is 4.32. The number of β-lactam (4-membered cyclic amide) rings is 1. The summed E-state index contributed by atoms with van der Waals surface area (Å²) >= 11 is 8.84. The van der Waals surface area contributed by atoms with Gasteiger partial charge in [-0.05, 0) is 35.1 Å². The molecule has 2 atom stereocenters. The zero-order valence-corrected chi connectivity index (χ0v) is 25.2. The molecule has 5 rings (SSSR count). The summed E-state index contributed by atoms with van der Waals surface area (Å²) in [5.41, 5.74) is 0.453. The number of fused-ring (bicyclic) bond motifs is 1. The third-order valence-electron chi connectivity index (χ3n) is 4.93. The van der Waals surface area contributed by atoms with Gasteiger partial charge in [0.25, 0.3) is 5.91 Å². The topological polar surface area (TPSA) is 184 Å². The number of hydrogen-bond acceptors (Lipinski definition) is 14. The second-order valence-electron chi connectivity index (χ2n) is 7.46. The Hall–Kier alpha value is -2.35. The molecule has 0 bridgehead atoms. The van der Waals surface area contributed by atoms with Crippen molar-refractivity contribution in [3.8, 4) is 0 Å². The first kappa shape index (κ1) is 30.2. The number of thioether (sulfide) groups is 2. The van der Waals surface area contributed by atoms with Crippen LogP contribution in [0.4, 0.5) is 0 Å². The molecule has 2 amide bonds. The standard InChI is InChI=1S/C14H14N8O4S3.C5H5NOS.Na/c1-6-17-18-14(29-6)28-4-7-3-27-12-9(11(24)22(12)10(7)13(25)26)16-8(23)2-21-5-15-19-20-21;7-6-4-2-1-3-5(6)8;/h5,9,12H,2-4H2,1H3,(H,16,23)(H,25,26);1-4,7H;/q;;+1/p-1/t9-,12-;;/m1../s1. The van der Waals surface area contributed by atoms with E-state index in [0.29, 0.717) is 21.7 Å². The monoisotopic (exact) mass is 603 g/mol. The number of carboxylic acid groups (broad SMARTS) is 1. The van der Waals surface area contributed by atoms with Gasteiger partial charge < -0.3 is 20.4 Å². The van der Waals surface area contributed by atoms with Gasteiger partial charge in [0.05, 0.1) is 11.7 Å². The average molecular weight is 604 g/mol. The summed E-state index contributed by atoms with van der Waals surface area (Å²) in [5, 5.41) is 41.8. The van der Waals surface area contributed by atoms with Crippen LogP contribution >= 0.6 is 47.1 Å². The number of pyridine rings is 1. The van der Waals surface area contributed by atoms with Crippen molar-refractivity contribution < 1.29 is 54.3 Å². The fourth-order valence-electron chi connectivity index (χ4n) is 3.31. The summed E-state index contributed by atoms with van der Waals surface area (Å²) < 4.78 is 3.27. The summed E-state index contributed by atoms with van der Waals surface area (Å²) in [7, 11) is 0. The van der Waals surface area contributed by atoms with Crippen LogP contribution in [0.25, 0.3) is 0 Å². The molecule has 14 nitrogen and oxygen atoms in total. The van der Waals surface area contributed by atoms with Crippen LogP contribution in [0.5, 0.6) is 0 Å². The Morgan fingerprint density at radius 1 is 1.34 bits per heavy atom. The molecular weight excluding hydrogens is 586 g/mol. The van der Waals surface area contributed by atoms with E-state index in [1.54, 1.807) is 18.2 Å². The normalized spacial score (nSPS) is 17.9. The van der Waals surface area contributed by atoms with E-state index < -0.39 is 29.2 Å². The second kappa shape index (κ2) is 13.6. The van der Waals surface area contributed by atoms with Crippen LogP contribution in [-0.4, -0.2) is 85.9 Å². The Morgan fingerprint density at radius 2 is 2.13 bits per heavy atom. The summed E-state index contributed by atoms with van der Waals surface area (Å²) in [4.78, 5) is 37.6. The number of carbonyl (C=O) groups excluding carboxylic acids is 3. The number of rotatable bonds is 7. The minimum atomic E-state index is -1.41. The number of carbonyl (C=O) groups is 3. The van der Waals surface area contributed by atoms with Crippen LogP contribution in [0.15, 0.2) is 46.3 Å². The Balaban J connectivity index is 0.000000382. The molecule has 0 aromatic carbocycles. The molecule has 0 unspecified atom stereocenters. The molecule has 3 aromatic heterocycles. The number of tetrazole rings is 1. The summed E-state index contributed by atoms with van der Waals surface area (Å²) in [6.07, 6.45) is 2.77. The van der Waals surface area contributed by atoms with E-state index in [2.05, 4.69) is 43.3 Å². The van der Waals surface area contributed by atoms with Crippen molar-refractivity contribution >= 4 is 64.9 Å². The van der Waals surface area contributed by atoms with Gasteiger partial charge in [-0.25, -0.2) is 4.68 Å². The Morgan fingerprint density at radius 3 is 2.71 bits per heavy atom. The van der Waals surface area contributed by atoms with Gasteiger partial charge in [-0.1, -0.05) is 41.4 Å². The molecule has 0 spiro atoms. The van der Waals surface area contributed by atoms with Gasteiger partial charge in [0.15, 0.2) is 4.34 Å². The molecule has 19 heteroatoms. The predicted molar refractivity (Wildman–Crippen MR) is 133 cm³/mol. The quantitative estimate of drug-likeness (QED) is 0.0892. The van der Waals surface area contributed by atoms with Crippen molar-refractivity contribution in [2.24, 2.45) is 0 Å². The van der Waals surface area contributed by atoms with Crippen molar-refractivity contribution in [3.63, 3.8) is 0 Å². The molecule has 0 radical (unpaired) electrons. The average Bonchev–Trinajstić information content (AvgIpc) is 3.54. The van der Waals surface area contributed by atoms with Crippen LogP contribution in [0.2, 0.25) is 0 Å². The van der Waals surface area contributed by atoms with Crippen molar-refractivity contribution in [2.45, 2.75) is 29.2 Å².